The maximum Gasteiger partial charge on any atom is 0.335 e. The number of aryl methyl sites for hydroxylation is 1. The molecule has 2 N–H and O–H groups in total. The van der Waals surface area contributed by atoms with Crippen molar-refractivity contribution in [1.29, 1.82) is 0 Å². The lowest BCUT2D eigenvalue weighted by molar-refractivity contribution is 0.0697. The van der Waals surface area contributed by atoms with Gasteiger partial charge in [0, 0.05) is 12.2 Å². The van der Waals surface area contributed by atoms with Crippen molar-refractivity contribution in [2.24, 2.45) is 0 Å². The van der Waals surface area contributed by atoms with Crippen molar-refractivity contribution < 1.29 is 9.90 Å². The van der Waals surface area contributed by atoms with Gasteiger partial charge in [-0.3, -0.25) is 0 Å². The molecule has 0 saturated heterocycles. The number of anilines is 1. The minimum atomic E-state index is -0.899. The van der Waals surface area contributed by atoms with Gasteiger partial charge in [-0.05, 0) is 36.1 Å². The highest BCUT2D eigenvalue weighted by atomic mass is 16.4. The van der Waals surface area contributed by atoms with E-state index in [0.29, 0.717) is 11.5 Å². The van der Waals surface area contributed by atoms with Crippen molar-refractivity contribution in [1.82, 2.24) is 0 Å². The molecule has 2 aromatic rings. The number of hydrogen-bond donors (Lipinski definition) is 2. The normalized spacial score (nSPS) is 11.9. The van der Waals surface area contributed by atoms with Gasteiger partial charge in [-0.25, -0.2) is 4.79 Å². The molecule has 0 aromatic heterocycles. The summed E-state index contributed by atoms with van der Waals surface area (Å²) in [6.45, 7) is 4.90. The van der Waals surface area contributed by atoms with Gasteiger partial charge >= 0.3 is 5.97 Å². The van der Waals surface area contributed by atoms with Crippen LogP contribution in [0.4, 0.5) is 5.69 Å². The molecule has 2 rings (SSSR count). The number of benzene rings is 2. The molecule has 1 atom stereocenters. The number of hydrogen-bond acceptors (Lipinski definition) is 2. The Bertz CT molecular complexity index is 593. The first kappa shape index (κ1) is 14.1. The fraction of sp³-hybridized carbons (Fsp3) is 0.235. The van der Waals surface area contributed by atoms with Crippen LogP contribution in [0.5, 0.6) is 0 Å². The van der Waals surface area contributed by atoms with Crippen LogP contribution >= 0.6 is 0 Å². The minimum Gasteiger partial charge on any atom is -0.478 e. The predicted molar refractivity (Wildman–Crippen MR) is 81.5 cm³/mol. The van der Waals surface area contributed by atoms with Crippen molar-refractivity contribution in [3.63, 3.8) is 0 Å². The lowest BCUT2D eigenvalue weighted by Gasteiger charge is -2.16. The second-order valence-corrected chi connectivity index (χ2v) is 5.03. The largest absolute Gasteiger partial charge is 0.478 e. The van der Waals surface area contributed by atoms with Crippen molar-refractivity contribution in [3.05, 3.63) is 65.2 Å². The minimum absolute atomic E-state index is 0.311. The number of rotatable bonds is 5. The first-order valence-electron chi connectivity index (χ1n) is 6.70. The standard InChI is InChI=1S/C17H19NO2/c1-12-8-9-15(17(19)20)10-16(12)18-11-13(2)14-6-4-3-5-7-14/h3-10,13,18H,11H2,1-2H3,(H,19,20). The van der Waals surface area contributed by atoms with E-state index >= 15 is 0 Å². The molecule has 2 aromatic carbocycles. The fourth-order valence-corrected chi connectivity index (χ4v) is 2.11. The number of nitrogens with one attached hydrogen (secondary N) is 1. The third-order valence-corrected chi connectivity index (χ3v) is 3.45. The molecule has 104 valence electrons. The first-order valence-corrected chi connectivity index (χ1v) is 6.70. The van der Waals surface area contributed by atoms with Crippen LogP contribution in [0.3, 0.4) is 0 Å². The highest BCUT2D eigenvalue weighted by molar-refractivity contribution is 5.89. The molecule has 1 unspecified atom stereocenters. The summed E-state index contributed by atoms with van der Waals surface area (Å²) in [5.41, 5.74) is 3.51. The Kier molecular flexibility index (Phi) is 4.41. The van der Waals surface area contributed by atoms with Crippen LogP contribution in [0.15, 0.2) is 48.5 Å². The molecule has 0 heterocycles. The quantitative estimate of drug-likeness (QED) is 0.865. The van der Waals surface area contributed by atoms with Crippen molar-refractivity contribution in [3.8, 4) is 0 Å². The van der Waals surface area contributed by atoms with Gasteiger partial charge in [-0.15, -0.1) is 0 Å². The second kappa shape index (κ2) is 6.24. The molecule has 3 heteroatoms. The summed E-state index contributed by atoms with van der Waals surface area (Å²) >= 11 is 0. The highest BCUT2D eigenvalue weighted by Crippen LogP contribution is 2.20. The predicted octanol–water partition coefficient (Wildman–Crippen LogP) is 3.91. The molecule has 0 amide bonds. The summed E-state index contributed by atoms with van der Waals surface area (Å²) in [4.78, 5) is 11.0. The van der Waals surface area contributed by atoms with E-state index in [2.05, 4.69) is 24.4 Å². The summed E-state index contributed by atoms with van der Waals surface area (Å²) in [7, 11) is 0. The Morgan fingerprint density at radius 3 is 2.55 bits per heavy atom. The Morgan fingerprint density at radius 1 is 1.20 bits per heavy atom. The second-order valence-electron chi connectivity index (χ2n) is 5.03. The van der Waals surface area contributed by atoms with Crippen molar-refractivity contribution >= 4 is 11.7 Å². The summed E-state index contributed by atoms with van der Waals surface area (Å²) in [6, 6.07) is 15.4. The zero-order valence-electron chi connectivity index (χ0n) is 11.8. The smallest absolute Gasteiger partial charge is 0.335 e. The summed E-state index contributed by atoms with van der Waals surface area (Å²) < 4.78 is 0. The van der Waals surface area contributed by atoms with Gasteiger partial charge in [0.25, 0.3) is 0 Å². The highest BCUT2D eigenvalue weighted by Gasteiger charge is 2.08. The molecule has 0 bridgehead atoms. The number of carboxylic acid groups (broad SMARTS) is 1. The molecule has 0 aliphatic heterocycles. The Morgan fingerprint density at radius 2 is 1.90 bits per heavy atom. The molecule has 0 radical (unpaired) electrons. The monoisotopic (exact) mass is 269 g/mol. The van der Waals surface area contributed by atoms with E-state index in [1.165, 1.54) is 5.56 Å². The van der Waals surface area contributed by atoms with E-state index in [0.717, 1.165) is 17.8 Å². The molecule has 3 nitrogen and oxygen atoms in total. The maximum atomic E-state index is 11.0. The fourth-order valence-electron chi connectivity index (χ4n) is 2.11. The van der Waals surface area contributed by atoms with Crippen LogP contribution < -0.4 is 5.32 Å². The topological polar surface area (TPSA) is 49.3 Å². The molecule has 0 fully saturated rings. The molecule has 0 saturated carbocycles. The average Bonchev–Trinajstić information content (AvgIpc) is 2.46. The molecule has 0 aliphatic rings. The van der Waals surface area contributed by atoms with Gasteiger partial charge in [-0.2, -0.15) is 0 Å². The van der Waals surface area contributed by atoms with E-state index in [4.69, 9.17) is 5.11 Å². The SMILES string of the molecule is Cc1ccc(C(=O)O)cc1NCC(C)c1ccccc1. The van der Waals surface area contributed by atoms with E-state index in [1.807, 2.05) is 31.2 Å². The number of carbonyl (C=O) groups is 1. The van der Waals surface area contributed by atoms with Crippen molar-refractivity contribution in [2.75, 3.05) is 11.9 Å². The number of carboxylic acids is 1. The van der Waals surface area contributed by atoms with Crippen molar-refractivity contribution in [2.45, 2.75) is 19.8 Å². The van der Waals surface area contributed by atoms with Gasteiger partial charge in [0.2, 0.25) is 0 Å². The van der Waals surface area contributed by atoms with Crippen LogP contribution in [0.2, 0.25) is 0 Å². The Balaban J connectivity index is 2.07. The molecular weight excluding hydrogens is 250 g/mol. The number of aromatic carboxylic acids is 1. The third-order valence-electron chi connectivity index (χ3n) is 3.45. The van der Waals surface area contributed by atoms with Gasteiger partial charge < -0.3 is 10.4 Å². The molecule has 20 heavy (non-hydrogen) atoms. The van der Waals surface area contributed by atoms with Gasteiger partial charge in [0.1, 0.15) is 0 Å². The van der Waals surface area contributed by atoms with Crippen LogP contribution in [-0.4, -0.2) is 17.6 Å². The average molecular weight is 269 g/mol. The van der Waals surface area contributed by atoms with E-state index in [-0.39, 0.29) is 0 Å². The zero-order valence-corrected chi connectivity index (χ0v) is 11.8. The van der Waals surface area contributed by atoms with Crippen LogP contribution in [0.1, 0.15) is 34.3 Å². The van der Waals surface area contributed by atoms with E-state index in [9.17, 15) is 4.79 Å². The third kappa shape index (κ3) is 3.38. The summed E-state index contributed by atoms with van der Waals surface area (Å²) in [5.74, 6) is -0.534. The Hall–Kier alpha value is -2.29. The van der Waals surface area contributed by atoms with Gasteiger partial charge in [-0.1, -0.05) is 43.3 Å². The molecule has 0 spiro atoms. The molecular formula is C17H19NO2. The lowest BCUT2D eigenvalue weighted by atomic mass is 10.0. The lowest BCUT2D eigenvalue weighted by Crippen LogP contribution is -2.11. The van der Waals surface area contributed by atoms with Crippen LogP contribution in [-0.2, 0) is 0 Å². The summed E-state index contributed by atoms with van der Waals surface area (Å²) in [5, 5.41) is 12.4. The zero-order chi connectivity index (χ0) is 14.5. The van der Waals surface area contributed by atoms with Crippen LogP contribution in [0, 0.1) is 6.92 Å². The van der Waals surface area contributed by atoms with Gasteiger partial charge in [0.05, 0.1) is 5.56 Å². The van der Waals surface area contributed by atoms with Gasteiger partial charge in [0.15, 0.2) is 0 Å². The summed E-state index contributed by atoms with van der Waals surface area (Å²) in [6.07, 6.45) is 0. The first-order chi connectivity index (χ1) is 9.58. The van der Waals surface area contributed by atoms with E-state index < -0.39 is 5.97 Å². The molecule has 0 aliphatic carbocycles. The van der Waals surface area contributed by atoms with Crippen LogP contribution in [0.25, 0.3) is 0 Å². The Labute approximate surface area is 119 Å². The van der Waals surface area contributed by atoms with E-state index in [1.54, 1.807) is 12.1 Å². The maximum absolute atomic E-state index is 11.0.